The number of hydrogen-bond donors (Lipinski definition) is 1. The molecule has 3 aromatic rings. The molecule has 1 fully saturated rings. The van der Waals surface area contributed by atoms with E-state index in [1.54, 1.807) is 6.07 Å². The molecule has 1 aromatic carbocycles. The number of rotatable bonds is 4. The molecule has 0 spiro atoms. The van der Waals surface area contributed by atoms with Gasteiger partial charge in [-0.1, -0.05) is 38.3 Å². The first-order valence-electron chi connectivity index (χ1n) is 9.79. The standard InChI is InChI=1S/C21H25N5O/c1-3-17-16(13-14(2)24-25-17)20(27)23-21-22-18-11-7-8-12-19(18)26(21)15-9-5-4-6-10-15/h7-8,11-13,15H,3-6,9-10H2,1-2H3,(H,22,23,27). The second-order valence-electron chi connectivity index (χ2n) is 7.24. The molecule has 4 rings (SSSR count). The van der Waals surface area contributed by atoms with Gasteiger partial charge in [-0.3, -0.25) is 10.1 Å². The molecule has 2 aromatic heterocycles. The Labute approximate surface area is 159 Å². The minimum Gasteiger partial charge on any atom is -0.307 e. The average molecular weight is 363 g/mol. The fraction of sp³-hybridized carbons (Fsp3) is 0.429. The quantitative estimate of drug-likeness (QED) is 0.743. The fourth-order valence-corrected chi connectivity index (χ4v) is 3.98. The van der Waals surface area contributed by atoms with Crippen LogP contribution in [-0.2, 0) is 6.42 Å². The van der Waals surface area contributed by atoms with Gasteiger partial charge in [-0.15, -0.1) is 0 Å². The van der Waals surface area contributed by atoms with Gasteiger partial charge >= 0.3 is 0 Å². The Hall–Kier alpha value is -2.76. The van der Waals surface area contributed by atoms with Crippen LogP contribution in [0.3, 0.4) is 0 Å². The molecule has 140 valence electrons. The summed E-state index contributed by atoms with van der Waals surface area (Å²) in [6.07, 6.45) is 6.64. The van der Waals surface area contributed by atoms with Crippen LogP contribution < -0.4 is 5.32 Å². The van der Waals surface area contributed by atoms with Gasteiger partial charge in [0.2, 0.25) is 5.95 Å². The number of imidazole rings is 1. The molecule has 6 heteroatoms. The first-order chi connectivity index (χ1) is 13.2. The van der Waals surface area contributed by atoms with Crippen molar-refractivity contribution in [1.29, 1.82) is 0 Å². The number of nitrogens with one attached hydrogen (secondary N) is 1. The minimum absolute atomic E-state index is 0.169. The first kappa shape index (κ1) is 17.6. The van der Waals surface area contributed by atoms with Crippen molar-refractivity contribution in [2.24, 2.45) is 0 Å². The molecule has 1 aliphatic carbocycles. The van der Waals surface area contributed by atoms with Crippen molar-refractivity contribution in [3.05, 3.63) is 47.3 Å². The summed E-state index contributed by atoms with van der Waals surface area (Å²) in [7, 11) is 0. The van der Waals surface area contributed by atoms with Gasteiger partial charge < -0.3 is 4.57 Å². The highest BCUT2D eigenvalue weighted by molar-refractivity contribution is 6.05. The van der Waals surface area contributed by atoms with Gasteiger partial charge in [-0.25, -0.2) is 4.98 Å². The van der Waals surface area contributed by atoms with Gasteiger partial charge in [-0.05, 0) is 44.4 Å². The zero-order valence-electron chi connectivity index (χ0n) is 15.9. The zero-order chi connectivity index (χ0) is 18.8. The number of amides is 1. The van der Waals surface area contributed by atoms with Crippen molar-refractivity contribution in [2.45, 2.75) is 58.4 Å². The molecule has 0 bridgehead atoms. The Morgan fingerprint density at radius 3 is 2.74 bits per heavy atom. The smallest absolute Gasteiger partial charge is 0.259 e. The Morgan fingerprint density at radius 1 is 1.19 bits per heavy atom. The van der Waals surface area contributed by atoms with E-state index in [4.69, 9.17) is 4.98 Å². The molecule has 1 amide bonds. The van der Waals surface area contributed by atoms with E-state index in [-0.39, 0.29) is 5.91 Å². The molecule has 0 unspecified atom stereocenters. The van der Waals surface area contributed by atoms with Crippen molar-refractivity contribution in [2.75, 3.05) is 5.32 Å². The molecular formula is C21H25N5O. The summed E-state index contributed by atoms with van der Waals surface area (Å²) in [5, 5.41) is 11.3. The molecular weight excluding hydrogens is 338 g/mol. The molecule has 0 atom stereocenters. The van der Waals surface area contributed by atoms with Crippen molar-refractivity contribution < 1.29 is 4.79 Å². The average Bonchev–Trinajstić information content (AvgIpc) is 3.06. The highest BCUT2D eigenvalue weighted by atomic mass is 16.1. The van der Waals surface area contributed by atoms with E-state index in [1.807, 2.05) is 32.0 Å². The number of aromatic nitrogens is 4. The molecule has 2 heterocycles. The molecule has 1 N–H and O–H groups in total. The van der Waals surface area contributed by atoms with Crippen LogP contribution >= 0.6 is 0 Å². The minimum atomic E-state index is -0.169. The number of hydrogen-bond acceptors (Lipinski definition) is 4. The lowest BCUT2D eigenvalue weighted by Crippen LogP contribution is -2.21. The number of anilines is 1. The van der Waals surface area contributed by atoms with E-state index < -0.39 is 0 Å². The second-order valence-corrected chi connectivity index (χ2v) is 7.24. The number of nitrogens with zero attached hydrogens (tertiary/aromatic N) is 4. The predicted octanol–water partition coefficient (Wildman–Crippen LogP) is 4.45. The van der Waals surface area contributed by atoms with Crippen LogP contribution in [0.1, 0.15) is 66.8 Å². The molecule has 27 heavy (non-hydrogen) atoms. The number of carbonyl (C=O) groups is 1. The van der Waals surface area contributed by atoms with Gasteiger partial charge in [0.25, 0.3) is 5.91 Å². The summed E-state index contributed by atoms with van der Waals surface area (Å²) in [6, 6.07) is 10.3. The van der Waals surface area contributed by atoms with E-state index >= 15 is 0 Å². The SMILES string of the molecule is CCc1nnc(C)cc1C(=O)Nc1nc2ccccc2n1C1CCCCC1. The zero-order valence-corrected chi connectivity index (χ0v) is 15.9. The fourth-order valence-electron chi connectivity index (χ4n) is 3.98. The summed E-state index contributed by atoms with van der Waals surface area (Å²) in [5.41, 5.74) is 4.02. The van der Waals surface area contributed by atoms with Crippen LogP contribution in [0.25, 0.3) is 11.0 Å². The van der Waals surface area contributed by atoms with Crippen molar-refractivity contribution in [3.63, 3.8) is 0 Å². The summed E-state index contributed by atoms with van der Waals surface area (Å²) < 4.78 is 2.22. The number of benzene rings is 1. The maximum absolute atomic E-state index is 13.0. The third-order valence-corrected chi connectivity index (χ3v) is 5.33. The topological polar surface area (TPSA) is 72.7 Å². The Bertz CT molecular complexity index is 972. The molecule has 0 saturated heterocycles. The summed E-state index contributed by atoms with van der Waals surface area (Å²) >= 11 is 0. The summed E-state index contributed by atoms with van der Waals surface area (Å²) in [5.74, 6) is 0.460. The first-order valence-corrected chi connectivity index (χ1v) is 9.79. The van der Waals surface area contributed by atoms with Gasteiger partial charge in [0.15, 0.2) is 0 Å². The van der Waals surface area contributed by atoms with Crippen LogP contribution in [0.15, 0.2) is 30.3 Å². The third kappa shape index (κ3) is 3.44. The molecule has 0 aliphatic heterocycles. The van der Waals surface area contributed by atoms with Crippen molar-refractivity contribution in [1.82, 2.24) is 19.7 Å². The van der Waals surface area contributed by atoms with Gasteiger partial charge in [0, 0.05) is 6.04 Å². The van der Waals surface area contributed by atoms with Crippen LogP contribution in [0, 0.1) is 6.92 Å². The Balaban J connectivity index is 1.73. The molecule has 1 saturated carbocycles. The maximum Gasteiger partial charge on any atom is 0.259 e. The Morgan fingerprint density at radius 2 is 1.96 bits per heavy atom. The predicted molar refractivity (Wildman–Crippen MR) is 106 cm³/mol. The van der Waals surface area contributed by atoms with Crippen LogP contribution in [-0.4, -0.2) is 25.7 Å². The summed E-state index contributed by atoms with van der Waals surface area (Å²) in [4.78, 5) is 17.8. The highest BCUT2D eigenvalue weighted by Crippen LogP contribution is 2.34. The Kier molecular flexibility index (Phi) is 4.88. The van der Waals surface area contributed by atoms with Gasteiger partial charge in [-0.2, -0.15) is 10.2 Å². The van der Waals surface area contributed by atoms with Crippen LogP contribution in [0.5, 0.6) is 0 Å². The number of carbonyl (C=O) groups excluding carboxylic acids is 1. The maximum atomic E-state index is 13.0. The molecule has 1 aliphatic rings. The second kappa shape index (κ2) is 7.47. The van der Waals surface area contributed by atoms with E-state index in [0.717, 1.165) is 29.6 Å². The largest absolute Gasteiger partial charge is 0.307 e. The number of fused-ring (bicyclic) bond motifs is 1. The monoisotopic (exact) mass is 363 g/mol. The number of aryl methyl sites for hydroxylation is 2. The molecule has 6 nitrogen and oxygen atoms in total. The van der Waals surface area contributed by atoms with Crippen molar-refractivity contribution in [3.8, 4) is 0 Å². The summed E-state index contributed by atoms with van der Waals surface area (Å²) in [6.45, 7) is 3.83. The van der Waals surface area contributed by atoms with E-state index in [1.165, 1.54) is 19.3 Å². The lowest BCUT2D eigenvalue weighted by atomic mass is 9.95. The lowest BCUT2D eigenvalue weighted by Gasteiger charge is -2.25. The van der Waals surface area contributed by atoms with Crippen LogP contribution in [0.4, 0.5) is 5.95 Å². The number of para-hydroxylation sites is 2. The highest BCUT2D eigenvalue weighted by Gasteiger charge is 2.23. The van der Waals surface area contributed by atoms with Crippen molar-refractivity contribution >= 4 is 22.9 Å². The van der Waals surface area contributed by atoms with Crippen LogP contribution in [0.2, 0.25) is 0 Å². The van der Waals surface area contributed by atoms with E-state index in [9.17, 15) is 4.79 Å². The lowest BCUT2D eigenvalue weighted by molar-refractivity contribution is 0.102. The normalized spacial score (nSPS) is 15.2. The van der Waals surface area contributed by atoms with Gasteiger partial charge in [0.1, 0.15) is 0 Å². The van der Waals surface area contributed by atoms with E-state index in [2.05, 4.69) is 26.1 Å². The molecule has 0 radical (unpaired) electrons. The van der Waals surface area contributed by atoms with Gasteiger partial charge in [0.05, 0.1) is 28.0 Å². The third-order valence-electron chi connectivity index (χ3n) is 5.33. The van der Waals surface area contributed by atoms with E-state index in [0.29, 0.717) is 29.7 Å².